The van der Waals surface area contributed by atoms with Gasteiger partial charge in [0.25, 0.3) is 0 Å². The summed E-state index contributed by atoms with van der Waals surface area (Å²) in [5.74, 6) is 1.52. The van der Waals surface area contributed by atoms with E-state index in [9.17, 15) is 0 Å². The van der Waals surface area contributed by atoms with Gasteiger partial charge in [0.15, 0.2) is 0 Å². The van der Waals surface area contributed by atoms with Crippen LogP contribution in [0.2, 0.25) is 0 Å². The van der Waals surface area contributed by atoms with E-state index in [1.807, 2.05) is 31.2 Å². The number of nitrogens with one attached hydrogen (secondary N) is 1. The summed E-state index contributed by atoms with van der Waals surface area (Å²) in [7, 11) is 0. The van der Waals surface area contributed by atoms with Crippen molar-refractivity contribution in [2.24, 2.45) is 0 Å². The van der Waals surface area contributed by atoms with E-state index in [1.54, 1.807) is 0 Å². The van der Waals surface area contributed by atoms with Gasteiger partial charge >= 0.3 is 0 Å². The third kappa shape index (κ3) is 4.09. The van der Waals surface area contributed by atoms with Crippen molar-refractivity contribution in [3.8, 4) is 0 Å². The lowest BCUT2D eigenvalue weighted by Crippen LogP contribution is -2.19. The Labute approximate surface area is 167 Å². The van der Waals surface area contributed by atoms with Crippen LogP contribution >= 0.6 is 0 Å². The fourth-order valence-electron chi connectivity index (χ4n) is 3.66. The van der Waals surface area contributed by atoms with Crippen LogP contribution in [0.15, 0.2) is 60.7 Å². The van der Waals surface area contributed by atoms with Crippen molar-refractivity contribution in [3.63, 3.8) is 0 Å². The Morgan fingerprint density at radius 2 is 1.68 bits per heavy atom. The molecule has 1 aliphatic heterocycles. The Morgan fingerprint density at radius 3 is 2.36 bits per heavy atom. The zero-order valence-electron chi connectivity index (χ0n) is 16.6. The standard InChI is InChI=1S/C23H27N5/c1-3-28(21-9-5-4-6-10-21)23-24-18(2)17-22(26-23)25-19-11-13-20(14-12-19)27-15-7-8-16-27/h4-6,9-14,17H,3,7-8,15-16H2,1-2H3,(H,24,25,26). The van der Waals surface area contributed by atoms with Crippen LogP contribution < -0.4 is 15.1 Å². The Morgan fingerprint density at radius 1 is 0.964 bits per heavy atom. The van der Waals surface area contributed by atoms with Gasteiger partial charge in [-0.2, -0.15) is 4.98 Å². The average molecular weight is 374 g/mol. The largest absolute Gasteiger partial charge is 0.372 e. The minimum Gasteiger partial charge on any atom is -0.372 e. The maximum atomic E-state index is 4.77. The molecule has 1 N–H and O–H groups in total. The molecule has 0 amide bonds. The summed E-state index contributed by atoms with van der Waals surface area (Å²) in [5.41, 5.74) is 4.37. The highest BCUT2D eigenvalue weighted by molar-refractivity contribution is 5.64. The van der Waals surface area contributed by atoms with E-state index in [-0.39, 0.29) is 0 Å². The average Bonchev–Trinajstić information content (AvgIpc) is 3.24. The number of rotatable bonds is 6. The first-order valence-electron chi connectivity index (χ1n) is 10.0. The molecular weight excluding hydrogens is 346 g/mol. The molecule has 1 fully saturated rings. The van der Waals surface area contributed by atoms with Gasteiger partial charge in [-0.25, -0.2) is 4.98 Å². The van der Waals surface area contributed by atoms with Crippen LogP contribution in [0.25, 0.3) is 0 Å². The van der Waals surface area contributed by atoms with E-state index in [0.29, 0.717) is 5.95 Å². The Hall–Kier alpha value is -3.08. The Kier molecular flexibility index (Phi) is 5.42. The van der Waals surface area contributed by atoms with Gasteiger partial charge in [0, 0.05) is 48.5 Å². The van der Waals surface area contributed by atoms with Crippen LogP contribution in [-0.4, -0.2) is 29.6 Å². The highest BCUT2D eigenvalue weighted by Crippen LogP contribution is 2.26. The Bertz CT molecular complexity index is 902. The molecule has 1 saturated heterocycles. The molecular formula is C23H27N5. The SMILES string of the molecule is CCN(c1ccccc1)c1nc(C)cc(Nc2ccc(N3CCCC3)cc2)n1. The third-order valence-corrected chi connectivity index (χ3v) is 5.08. The van der Waals surface area contributed by atoms with Gasteiger partial charge in [0.2, 0.25) is 5.95 Å². The molecule has 5 heteroatoms. The zero-order chi connectivity index (χ0) is 19.3. The molecule has 2 heterocycles. The molecule has 0 radical (unpaired) electrons. The first-order chi connectivity index (χ1) is 13.7. The molecule has 3 aromatic rings. The summed E-state index contributed by atoms with van der Waals surface area (Å²) < 4.78 is 0. The number of hydrogen-bond acceptors (Lipinski definition) is 5. The van der Waals surface area contributed by atoms with Gasteiger partial charge in [-0.05, 0) is 63.1 Å². The second-order valence-electron chi connectivity index (χ2n) is 7.14. The lowest BCUT2D eigenvalue weighted by atomic mass is 10.2. The molecule has 4 rings (SSSR count). The number of hydrogen-bond donors (Lipinski definition) is 1. The smallest absolute Gasteiger partial charge is 0.232 e. The van der Waals surface area contributed by atoms with E-state index in [1.165, 1.54) is 18.5 Å². The zero-order valence-corrected chi connectivity index (χ0v) is 16.6. The lowest BCUT2D eigenvalue weighted by Gasteiger charge is -2.22. The molecule has 144 valence electrons. The molecule has 1 aliphatic rings. The number of aryl methyl sites for hydroxylation is 1. The fraction of sp³-hybridized carbons (Fsp3) is 0.304. The third-order valence-electron chi connectivity index (χ3n) is 5.08. The highest BCUT2D eigenvalue weighted by Gasteiger charge is 2.13. The summed E-state index contributed by atoms with van der Waals surface area (Å²) in [6, 6.07) is 20.9. The van der Waals surface area contributed by atoms with Crippen molar-refractivity contribution < 1.29 is 0 Å². The number of nitrogens with zero attached hydrogens (tertiary/aromatic N) is 4. The molecule has 0 aliphatic carbocycles. The molecule has 1 aromatic heterocycles. The normalized spacial score (nSPS) is 13.6. The van der Waals surface area contributed by atoms with E-state index < -0.39 is 0 Å². The second-order valence-corrected chi connectivity index (χ2v) is 7.14. The van der Waals surface area contributed by atoms with E-state index in [2.05, 4.69) is 63.4 Å². The van der Waals surface area contributed by atoms with Gasteiger partial charge in [-0.3, -0.25) is 0 Å². The molecule has 0 spiro atoms. The minimum atomic E-state index is 0.713. The summed E-state index contributed by atoms with van der Waals surface area (Å²) in [5, 5.41) is 3.44. The van der Waals surface area contributed by atoms with Crippen molar-refractivity contribution in [2.75, 3.05) is 34.8 Å². The molecule has 5 nitrogen and oxygen atoms in total. The first-order valence-corrected chi connectivity index (χ1v) is 10.0. The van der Waals surface area contributed by atoms with Crippen LogP contribution in [0.5, 0.6) is 0 Å². The van der Waals surface area contributed by atoms with Gasteiger partial charge < -0.3 is 15.1 Å². The summed E-state index contributed by atoms with van der Waals surface area (Å²) in [6.45, 7) is 7.24. The fourth-order valence-corrected chi connectivity index (χ4v) is 3.66. The van der Waals surface area contributed by atoms with Crippen molar-refractivity contribution in [3.05, 3.63) is 66.4 Å². The van der Waals surface area contributed by atoms with Crippen LogP contribution in [0.1, 0.15) is 25.5 Å². The molecule has 0 unspecified atom stereocenters. The molecule has 2 aromatic carbocycles. The highest BCUT2D eigenvalue weighted by atomic mass is 15.3. The van der Waals surface area contributed by atoms with Crippen molar-refractivity contribution in [1.29, 1.82) is 0 Å². The monoisotopic (exact) mass is 373 g/mol. The summed E-state index contributed by atoms with van der Waals surface area (Å²) in [4.78, 5) is 14.0. The minimum absolute atomic E-state index is 0.713. The summed E-state index contributed by atoms with van der Waals surface area (Å²) >= 11 is 0. The van der Waals surface area contributed by atoms with Gasteiger partial charge in [0.05, 0.1) is 0 Å². The number of aromatic nitrogens is 2. The van der Waals surface area contributed by atoms with Gasteiger partial charge in [-0.1, -0.05) is 18.2 Å². The number of para-hydroxylation sites is 1. The van der Waals surface area contributed by atoms with Gasteiger partial charge in [-0.15, -0.1) is 0 Å². The van der Waals surface area contributed by atoms with Crippen molar-refractivity contribution >= 4 is 28.8 Å². The van der Waals surface area contributed by atoms with E-state index >= 15 is 0 Å². The predicted octanol–water partition coefficient (Wildman–Crippen LogP) is 5.29. The summed E-state index contributed by atoms with van der Waals surface area (Å²) in [6.07, 6.45) is 2.58. The molecule has 0 bridgehead atoms. The maximum Gasteiger partial charge on any atom is 0.232 e. The van der Waals surface area contributed by atoms with E-state index in [4.69, 9.17) is 4.98 Å². The predicted molar refractivity (Wildman–Crippen MR) is 117 cm³/mol. The number of anilines is 5. The van der Waals surface area contributed by atoms with Crippen molar-refractivity contribution in [1.82, 2.24) is 9.97 Å². The maximum absolute atomic E-state index is 4.77. The van der Waals surface area contributed by atoms with Crippen LogP contribution in [0.4, 0.5) is 28.8 Å². The quantitative estimate of drug-likeness (QED) is 0.636. The van der Waals surface area contributed by atoms with E-state index in [0.717, 1.165) is 42.5 Å². The number of benzene rings is 2. The topological polar surface area (TPSA) is 44.3 Å². The molecule has 0 atom stereocenters. The van der Waals surface area contributed by atoms with Gasteiger partial charge in [0.1, 0.15) is 5.82 Å². The van der Waals surface area contributed by atoms with Crippen LogP contribution in [0.3, 0.4) is 0 Å². The van der Waals surface area contributed by atoms with Crippen LogP contribution in [-0.2, 0) is 0 Å². The second kappa shape index (κ2) is 8.30. The lowest BCUT2D eigenvalue weighted by molar-refractivity contribution is 0.936. The molecule has 0 saturated carbocycles. The van der Waals surface area contributed by atoms with Crippen LogP contribution in [0, 0.1) is 6.92 Å². The molecule has 28 heavy (non-hydrogen) atoms. The Balaban J connectivity index is 1.55. The first kappa shape index (κ1) is 18.3. The van der Waals surface area contributed by atoms with Crippen molar-refractivity contribution in [2.45, 2.75) is 26.7 Å².